The maximum atomic E-state index is 13.5. The van der Waals surface area contributed by atoms with Crippen molar-refractivity contribution in [2.24, 2.45) is 0 Å². The van der Waals surface area contributed by atoms with E-state index in [2.05, 4.69) is 0 Å². The summed E-state index contributed by atoms with van der Waals surface area (Å²) in [6, 6.07) is 20.6. The Bertz CT molecular complexity index is 1140. The van der Waals surface area contributed by atoms with Crippen molar-refractivity contribution in [1.29, 1.82) is 0 Å². The summed E-state index contributed by atoms with van der Waals surface area (Å²) < 4.78 is 13.5. The minimum absolute atomic E-state index is 0.168. The standard InChI is InChI=1S/C25H21FN2O3/c26-22-10-8-19(9-11-22)23(14-17-4-2-1-3-5-17)25(30)28-13-12-18-6-7-20(24(29)27-31)15-21(18)16-28/h1-11,14-15,31H,12-13,16H2,(H,27,29)/b23-14-. The molecule has 1 aliphatic heterocycles. The van der Waals surface area contributed by atoms with Crippen LogP contribution in [0.5, 0.6) is 0 Å². The maximum absolute atomic E-state index is 13.5. The van der Waals surface area contributed by atoms with E-state index in [1.165, 1.54) is 12.1 Å². The smallest absolute Gasteiger partial charge is 0.274 e. The van der Waals surface area contributed by atoms with Gasteiger partial charge < -0.3 is 4.90 Å². The summed E-state index contributed by atoms with van der Waals surface area (Å²) in [5.74, 6) is -1.13. The van der Waals surface area contributed by atoms with E-state index in [9.17, 15) is 14.0 Å². The van der Waals surface area contributed by atoms with Gasteiger partial charge in [-0.1, -0.05) is 48.5 Å². The van der Waals surface area contributed by atoms with Gasteiger partial charge in [-0.3, -0.25) is 14.8 Å². The number of rotatable bonds is 4. The van der Waals surface area contributed by atoms with Crippen LogP contribution in [0, 0.1) is 5.82 Å². The van der Waals surface area contributed by atoms with Gasteiger partial charge in [-0.05, 0) is 59.0 Å². The van der Waals surface area contributed by atoms with E-state index >= 15 is 0 Å². The molecular formula is C25H21FN2O3. The molecular weight excluding hydrogens is 395 g/mol. The fraction of sp³-hybridized carbons (Fsp3) is 0.120. The molecule has 0 fully saturated rings. The van der Waals surface area contributed by atoms with Crippen LogP contribution >= 0.6 is 0 Å². The summed E-state index contributed by atoms with van der Waals surface area (Å²) >= 11 is 0. The predicted octanol–water partition coefficient (Wildman–Crippen LogP) is 4.07. The fourth-order valence-electron chi connectivity index (χ4n) is 3.72. The second kappa shape index (κ2) is 8.93. The normalized spacial score (nSPS) is 13.5. The number of hydroxylamine groups is 1. The second-order valence-electron chi connectivity index (χ2n) is 7.38. The monoisotopic (exact) mass is 416 g/mol. The van der Waals surface area contributed by atoms with Crippen LogP contribution in [0.2, 0.25) is 0 Å². The third-order valence-corrected chi connectivity index (χ3v) is 5.37. The number of carbonyl (C=O) groups excluding carboxylic acids is 2. The molecule has 0 atom stereocenters. The number of halogens is 1. The first-order chi connectivity index (χ1) is 15.0. The molecule has 0 spiro atoms. The molecule has 0 radical (unpaired) electrons. The van der Waals surface area contributed by atoms with Crippen molar-refractivity contribution in [1.82, 2.24) is 10.4 Å². The number of amides is 2. The molecule has 1 heterocycles. The van der Waals surface area contributed by atoms with E-state index in [0.717, 1.165) is 16.7 Å². The molecule has 5 nitrogen and oxygen atoms in total. The highest BCUT2D eigenvalue weighted by Gasteiger charge is 2.25. The molecule has 3 aromatic rings. The summed E-state index contributed by atoms with van der Waals surface area (Å²) in [5, 5.41) is 8.89. The highest BCUT2D eigenvalue weighted by molar-refractivity contribution is 6.24. The van der Waals surface area contributed by atoms with E-state index in [-0.39, 0.29) is 11.7 Å². The van der Waals surface area contributed by atoms with Crippen LogP contribution in [0.1, 0.15) is 32.6 Å². The topological polar surface area (TPSA) is 69.6 Å². The van der Waals surface area contributed by atoms with Crippen molar-refractivity contribution >= 4 is 23.5 Å². The Morgan fingerprint density at radius 3 is 2.35 bits per heavy atom. The Morgan fingerprint density at radius 1 is 0.935 bits per heavy atom. The summed E-state index contributed by atoms with van der Waals surface area (Å²) in [6.45, 7) is 0.874. The average Bonchev–Trinajstić information content (AvgIpc) is 2.82. The zero-order chi connectivity index (χ0) is 21.8. The molecule has 0 saturated heterocycles. The van der Waals surface area contributed by atoms with E-state index in [4.69, 9.17) is 5.21 Å². The second-order valence-corrected chi connectivity index (χ2v) is 7.38. The molecule has 1 aliphatic rings. The van der Waals surface area contributed by atoms with Gasteiger partial charge in [0.1, 0.15) is 5.82 Å². The van der Waals surface area contributed by atoms with Crippen LogP contribution in [0.4, 0.5) is 4.39 Å². The summed E-state index contributed by atoms with van der Waals surface area (Å²) in [5.41, 5.74) is 5.86. The molecule has 0 aliphatic carbocycles. The Hall–Kier alpha value is -3.77. The number of hydrogen-bond acceptors (Lipinski definition) is 3. The Labute approximate surface area is 179 Å². The van der Waals surface area contributed by atoms with Crippen LogP contribution in [-0.4, -0.2) is 28.5 Å². The van der Waals surface area contributed by atoms with Crippen LogP contribution in [0.25, 0.3) is 11.6 Å². The van der Waals surface area contributed by atoms with Crippen molar-refractivity contribution in [3.05, 3.63) is 106 Å². The van der Waals surface area contributed by atoms with Crippen molar-refractivity contribution < 1.29 is 19.2 Å². The van der Waals surface area contributed by atoms with E-state index in [1.807, 2.05) is 36.4 Å². The lowest BCUT2D eigenvalue weighted by Crippen LogP contribution is -2.36. The first-order valence-corrected chi connectivity index (χ1v) is 9.93. The van der Waals surface area contributed by atoms with Gasteiger partial charge in [-0.15, -0.1) is 0 Å². The van der Waals surface area contributed by atoms with Gasteiger partial charge in [0.25, 0.3) is 11.8 Å². The third-order valence-electron chi connectivity index (χ3n) is 5.37. The molecule has 6 heteroatoms. The largest absolute Gasteiger partial charge is 0.334 e. The molecule has 0 bridgehead atoms. The number of nitrogens with zero attached hydrogens (tertiary/aromatic N) is 1. The molecule has 31 heavy (non-hydrogen) atoms. The predicted molar refractivity (Wildman–Crippen MR) is 116 cm³/mol. The summed E-state index contributed by atoms with van der Waals surface area (Å²) in [4.78, 5) is 27.0. The minimum atomic E-state index is -0.595. The van der Waals surface area contributed by atoms with Crippen molar-refractivity contribution in [3.8, 4) is 0 Å². The quantitative estimate of drug-likeness (QED) is 0.292. The van der Waals surface area contributed by atoms with Crippen LogP contribution in [0.3, 0.4) is 0 Å². The maximum Gasteiger partial charge on any atom is 0.274 e. The molecule has 3 aromatic carbocycles. The number of carbonyl (C=O) groups is 2. The molecule has 156 valence electrons. The number of nitrogens with one attached hydrogen (secondary N) is 1. The van der Waals surface area contributed by atoms with Crippen LogP contribution in [-0.2, 0) is 17.8 Å². The Morgan fingerprint density at radius 2 is 1.65 bits per heavy atom. The number of hydrogen-bond donors (Lipinski definition) is 2. The first kappa shape index (κ1) is 20.5. The van der Waals surface area contributed by atoms with Crippen molar-refractivity contribution in [2.75, 3.05) is 6.54 Å². The van der Waals surface area contributed by atoms with Crippen LogP contribution in [0.15, 0.2) is 72.8 Å². The average molecular weight is 416 g/mol. The van der Waals surface area contributed by atoms with E-state index < -0.39 is 5.91 Å². The van der Waals surface area contributed by atoms with Gasteiger partial charge in [0.05, 0.1) is 0 Å². The van der Waals surface area contributed by atoms with Gasteiger partial charge in [0.15, 0.2) is 0 Å². The summed E-state index contributed by atoms with van der Waals surface area (Å²) in [7, 11) is 0. The van der Waals surface area contributed by atoms with Gasteiger partial charge >= 0.3 is 0 Å². The zero-order valence-corrected chi connectivity index (χ0v) is 16.7. The number of fused-ring (bicyclic) bond motifs is 1. The minimum Gasteiger partial charge on any atom is -0.334 e. The zero-order valence-electron chi connectivity index (χ0n) is 16.7. The molecule has 2 N–H and O–H groups in total. The van der Waals surface area contributed by atoms with Crippen LogP contribution < -0.4 is 5.48 Å². The summed E-state index contributed by atoms with van der Waals surface area (Å²) in [6.07, 6.45) is 2.46. The molecule has 4 rings (SSSR count). The molecule has 0 unspecified atom stereocenters. The van der Waals surface area contributed by atoms with Crippen molar-refractivity contribution in [2.45, 2.75) is 13.0 Å². The first-order valence-electron chi connectivity index (χ1n) is 9.93. The van der Waals surface area contributed by atoms with Gasteiger partial charge in [-0.2, -0.15) is 0 Å². The van der Waals surface area contributed by atoms with Gasteiger partial charge in [0.2, 0.25) is 0 Å². The van der Waals surface area contributed by atoms with Crippen molar-refractivity contribution in [3.63, 3.8) is 0 Å². The van der Waals surface area contributed by atoms with Gasteiger partial charge in [0, 0.05) is 24.2 Å². The van der Waals surface area contributed by atoms with Gasteiger partial charge in [-0.25, -0.2) is 9.87 Å². The lowest BCUT2D eigenvalue weighted by atomic mass is 9.95. The Kier molecular flexibility index (Phi) is 5.91. The van der Waals surface area contributed by atoms with E-state index in [1.54, 1.807) is 40.7 Å². The molecule has 2 amide bonds. The highest BCUT2D eigenvalue weighted by Crippen LogP contribution is 2.26. The molecule has 0 saturated carbocycles. The lowest BCUT2D eigenvalue weighted by Gasteiger charge is -2.30. The fourth-order valence-corrected chi connectivity index (χ4v) is 3.72. The Balaban J connectivity index is 1.67. The number of benzene rings is 3. The molecule has 0 aromatic heterocycles. The van der Waals surface area contributed by atoms with E-state index in [0.29, 0.717) is 36.2 Å². The lowest BCUT2D eigenvalue weighted by molar-refractivity contribution is -0.125. The third kappa shape index (κ3) is 4.54. The highest BCUT2D eigenvalue weighted by atomic mass is 19.1. The SMILES string of the molecule is O=C(NO)c1ccc2c(c1)CN(C(=O)/C(=C\c1ccccc1)c1ccc(F)cc1)CC2.